The van der Waals surface area contributed by atoms with Crippen LogP contribution < -0.4 is 5.32 Å². The summed E-state index contributed by atoms with van der Waals surface area (Å²) in [6.45, 7) is 2.70. The zero-order valence-corrected chi connectivity index (χ0v) is 10.0. The van der Waals surface area contributed by atoms with Crippen molar-refractivity contribution in [2.75, 3.05) is 6.54 Å². The zero-order chi connectivity index (χ0) is 12.5. The Bertz CT molecular complexity index is 383. The van der Waals surface area contributed by atoms with E-state index in [4.69, 9.17) is 5.26 Å². The monoisotopic (exact) mass is 231 g/mol. The SMILES string of the molecule is CCCNC(=O)CCC(C#N)c1ccccn1. The van der Waals surface area contributed by atoms with Gasteiger partial charge >= 0.3 is 0 Å². The van der Waals surface area contributed by atoms with Crippen molar-refractivity contribution in [3.8, 4) is 6.07 Å². The molecule has 0 spiro atoms. The van der Waals surface area contributed by atoms with E-state index in [0.29, 0.717) is 19.4 Å². The highest BCUT2D eigenvalue weighted by Crippen LogP contribution is 2.17. The Morgan fingerprint density at radius 3 is 3.00 bits per heavy atom. The number of aromatic nitrogens is 1. The fraction of sp³-hybridized carbons (Fsp3) is 0.462. The standard InChI is InChI=1S/C13H17N3O/c1-2-8-16-13(17)7-6-11(10-14)12-5-3-4-9-15-12/h3-5,9,11H,2,6-8H2,1H3,(H,16,17). The predicted molar refractivity (Wildman–Crippen MR) is 65.1 cm³/mol. The molecule has 0 fully saturated rings. The number of carbonyl (C=O) groups excluding carboxylic acids is 1. The maximum atomic E-state index is 11.4. The van der Waals surface area contributed by atoms with Gasteiger partial charge in [0, 0.05) is 19.2 Å². The second-order valence-corrected chi connectivity index (χ2v) is 3.82. The molecule has 4 nitrogen and oxygen atoms in total. The van der Waals surface area contributed by atoms with Crippen molar-refractivity contribution in [3.05, 3.63) is 30.1 Å². The molecule has 0 radical (unpaired) electrons. The lowest BCUT2D eigenvalue weighted by atomic mass is 10.0. The lowest BCUT2D eigenvalue weighted by Gasteiger charge is -2.08. The number of hydrogen-bond acceptors (Lipinski definition) is 3. The predicted octanol–water partition coefficient (Wildman–Crippen LogP) is 2.00. The molecule has 0 aliphatic rings. The first-order chi connectivity index (χ1) is 8.27. The van der Waals surface area contributed by atoms with Crippen molar-refractivity contribution in [1.29, 1.82) is 5.26 Å². The first-order valence-corrected chi connectivity index (χ1v) is 5.85. The highest BCUT2D eigenvalue weighted by molar-refractivity contribution is 5.75. The largest absolute Gasteiger partial charge is 0.356 e. The van der Waals surface area contributed by atoms with Gasteiger partial charge in [-0.25, -0.2) is 0 Å². The van der Waals surface area contributed by atoms with Crippen molar-refractivity contribution < 1.29 is 4.79 Å². The number of nitrogens with zero attached hydrogens (tertiary/aromatic N) is 2. The summed E-state index contributed by atoms with van der Waals surface area (Å²) >= 11 is 0. The maximum absolute atomic E-state index is 11.4. The van der Waals surface area contributed by atoms with Gasteiger partial charge in [-0.05, 0) is 25.0 Å². The fourth-order valence-corrected chi connectivity index (χ4v) is 1.49. The summed E-state index contributed by atoms with van der Waals surface area (Å²) in [7, 11) is 0. The van der Waals surface area contributed by atoms with Crippen molar-refractivity contribution in [2.45, 2.75) is 32.1 Å². The van der Waals surface area contributed by atoms with E-state index < -0.39 is 0 Å². The zero-order valence-electron chi connectivity index (χ0n) is 10.0. The van der Waals surface area contributed by atoms with Gasteiger partial charge in [0.05, 0.1) is 17.7 Å². The minimum atomic E-state index is -0.302. The third kappa shape index (κ3) is 4.64. The number of nitrogens with one attached hydrogen (secondary N) is 1. The number of nitriles is 1. The molecule has 1 N–H and O–H groups in total. The van der Waals surface area contributed by atoms with Gasteiger partial charge in [-0.15, -0.1) is 0 Å². The third-order valence-corrected chi connectivity index (χ3v) is 2.43. The van der Waals surface area contributed by atoms with Gasteiger partial charge in [0.25, 0.3) is 0 Å². The molecule has 1 rings (SSSR count). The molecular weight excluding hydrogens is 214 g/mol. The third-order valence-electron chi connectivity index (χ3n) is 2.43. The summed E-state index contributed by atoms with van der Waals surface area (Å²) in [6.07, 6.45) is 3.47. The van der Waals surface area contributed by atoms with Crippen molar-refractivity contribution >= 4 is 5.91 Å². The molecule has 1 aromatic rings. The molecule has 1 heterocycles. The first-order valence-electron chi connectivity index (χ1n) is 5.85. The molecule has 1 amide bonds. The summed E-state index contributed by atoms with van der Waals surface area (Å²) in [5.41, 5.74) is 0.735. The molecule has 0 saturated heterocycles. The van der Waals surface area contributed by atoms with Crippen LogP contribution in [-0.2, 0) is 4.79 Å². The maximum Gasteiger partial charge on any atom is 0.220 e. The second kappa shape index (κ2) is 7.39. The highest BCUT2D eigenvalue weighted by Gasteiger charge is 2.13. The Kier molecular flexibility index (Phi) is 5.73. The van der Waals surface area contributed by atoms with E-state index in [1.165, 1.54) is 0 Å². The van der Waals surface area contributed by atoms with Crippen LogP contribution in [0.4, 0.5) is 0 Å². The van der Waals surface area contributed by atoms with Crippen LogP contribution in [0.5, 0.6) is 0 Å². The average Bonchev–Trinajstić information content (AvgIpc) is 2.38. The minimum Gasteiger partial charge on any atom is -0.356 e. The first kappa shape index (κ1) is 13.2. The second-order valence-electron chi connectivity index (χ2n) is 3.82. The molecular formula is C13H17N3O. The smallest absolute Gasteiger partial charge is 0.220 e. The molecule has 17 heavy (non-hydrogen) atoms. The molecule has 90 valence electrons. The number of pyridine rings is 1. The number of hydrogen-bond donors (Lipinski definition) is 1. The molecule has 0 aliphatic carbocycles. The molecule has 4 heteroatoms. The Balaban J connectivity index is 2.44. The van der Waals surface area contributed by atoms with Crippen LogP contribution in [0, 0.1) is 11.3 Å². The van der Waals surface area contributed by atoms with E-state index in [2.05, 4.69) is 16.4 Å². The molecule has 0 aliphatic heterocycles. The van der Waals surface area contributed by atoms with E-state index in [1.54, 1.807) is 6.20 Å². The fourth-order valence-electron chi connectivity index (χ4n) is 1.49. The van der Waals surface area contributed by atoms with Gasteiger partial charge < -0.3 is 5.32 Å². The average molecular weight is 231 g/mol. The topological polar surface area (TPSA) is 65.8 Å². The van der Waals surface area contributed by atoms with Gasteiger partial charge in [0.1, 0.15) is 0 Å². The van der Waals surface area contributed by atoms with Crippen LogP contribution in [0.3, 0.4) is 0 Å². The Labute approximate surface area is 102 Å². The van der Waals surface area contributed by atoms with Crippen molar-refractivity contribution in [1.82, 2.24) is 10.3 Å². The Morgan fingerprint density at radius 1 is 1.59 bits per heavy atom. The lowest BCUT2D eigenvalue weighted by Crippen LogP contribution is -2.24. The number of rotatable bonds is 6. The van der Waals surface area contributed by atoms with Crippen LogP contribution in [-0.4, -0.2) is 17.4 Å². The van der Waals surface area contributed by atoms with E-state index in [-0.39, 0.29) is 11.8 Å². The van der Waals surface area contributed by atoms with Crippen LogP contribution in [0.25, 0.3) is 0 Å². The van der Waals surface area contributed by atoms with E-state index in [9.17, 15) is 4.79 Å². The van der Waals surface area contributed by atoms with E-state index in [1.807, 2.05) is 25.1 Å². The molecule has 1 aromatic heterocycles. The van der Waals surface area contributed by atoms with Gasteiger partial charge in [-0.3, -0.25) is 9.78 Å². The normalized spacial score (nSPS) is 11.5. The van der Waals surface area contributed by atoms with E-state index in [0.717, 1.165) is 12.1 Å². The summed E-state index contributed by atoms with van der Waals surface area (Å²) in [4.78, 5) is 15.5. The van der Waals surface area contributed by atoms with E-state index >= 15 is 0 Å². The van der Waals surface area contributed by atoms with Gasteiger partial charge in [0.15, 0.2) is 0 Å². The van der Waals surface area contributed by atoms with Crippen molar-refractivity contribution in [3.63, 3.8) is 0 Å². The molecule has 1 unspecified atom stereocenters. The van der Waals surface area contributed by atoms with Gasteiger partial charge in [-0.1, -0.05) is 13.0 Å². The number of carbonyl (C=O) groups is 1. The highest BCUT2D eigenvalue weighted by atomic mass is 16.1. The molecule has 0 bridgehead atoms. The van der Waals surface area contributed by atoms with Crippen LogP contribution in [0.2, 0.25) is 0 Å². The Morgan fingerprint density at radius 2 is 2.41 bits per heavy atom. The summed E-state index contributed by atoms with van der Waals surface area (Å²) in [5.74, 6) is -0.299. The van der Waals surface area contributed by atoms with Gasteiger partial charge in [-0.2, -0.15) is 5.26 Å². The quantitative estimate of drug-likeness (QED) is 0.814. The molecule has 1 atom stereocenters. The molecule has 0 saturated carbocycles. The summed E-state index contributed by atoms with van der Waals surface area (Å²) < 4.78 is 0. The number of amides is 1. The Hall–Kier alpha value is -1.89. The van der Waals surface area contributed by atoms with Crippen LogP contribution in [0.15, 0.2) is 24.4 Å². The lowest BCUT2D eigenvalue weighted by molar-refractivity contribution is -0.121. The van der Waals surface area contributed by atoms with Crippen LogP contribution in [0.1, 0.15) is 37.8 Å². The minimum absolute atomic E-state index is 0.00281. The summed E-state index contributed by atoms with van der Waals surface area (Å²) in [6, 6.07) is 7.67. The van der Waals surface area contributed by atoms with Gasteiger partial charge in [0.2, 0.25) is 5.91 Å². The van der Waals surface area contributed by atoms with Crippen LogP contribution >= 0.6 is 0 Å². The molecule has 0 aromatic carbocycles. The van der Waals surface area contributed by atoms with Crippen molar-refractivity contribution in [2.24, 2.45) is 0 Å². The summed E-state index contributed by atoms with van der Waals surface area (Å²) in [5, 5.41) is 11.8.